The zero-order valence-electron chi connectivity index (χ0n) is 13.1. The molecule has 1 amide bonds. The second-order valence-electron chi connectivity index (χ2n) is 5.59. The van der Waals surface area contributed by atoms with Gasteiger partial charge in [-0.3, -0.25) is 4.79 Å². The predicted octanol–water partition coefficient (Wildman–Crippen LogP) is 3.34. The van der Waals surface area contributed by atoms with Gasteiger partial charge in [0.15, 0.2) is 0 Å². The van der Waals surface area contributed by atoms with Gasteiger partial charge in [-0.2, -0.15) is 0 Å². The largest absolute Gasteiger partial charge is 0.480 e. The number of amides is 1. The maximum Gasteiger partial charge on any atom is 0.259 e. The zero-order valence-corrected chi connectivity index (χ0v) is 14.0. The number of carbonyl (C=O) groups excluding carboxylic acids is 1. The summed E-state index contributed by atoms with van der Waals surface area (Å²) in [7, 11) is 1.54. The van der Waals surface area contributed by atoms with E-state index in [9.17, 15) is 4.79 Å². The maximum atomic E-state index is 12.6. The van der Waals surface area contributed by atoms with Crippen molar-refractivity contribution in [2.75, 3.05) is 26.0 Å². The highest BCUT2D eigenvalue weighted by Gasteiger charge is 2.28. The van der Waals surface area contributed by atoms with Crippen molar-refractivity contribution in [1.82, 2.24) is 9.88 Å². The third-order valence-corrected chi connectivity index (χ3v) is 5.24. The Hall–Kier alpha value is -2.01. The summed E-state index contributed by atoms with van der Waals surface area (Å²) in [6.07, 6.45) is 2.69. The lowest BCUT2D eigenvalue weighted by Gasteiger charge is -2.17. The number of thioether (sulfide) groups is 1. The topological polar surface area (TPSA) is 42.4 Å². The van der Waals surface area contributed by atoms with Gasteiger partial charge in [0.2, 0.25) is 5.88 Å². The molecule has 3 rings (SSSR count). The molecule has 1 atom stereocenters. The van der Waals surface area contributed by atoms with Gasteiger partial charge < -0.3 is 9.64 Å². The summed E-state index contributed by atoms with van der Waals surface area (Å²) in [6.45, 7) is 1.60. The van der Waals surface area contributed by atoms with Gasteiger partial charge in [0.25, 0.3) is 5.91 Å². The Morgan fingerprint density at radius 1 is 1.30 bits per heavy atom. The lowest BCUT2D eigenvalue weighted by molar-refractivity contribution is 0.0784. The number of hydrogen-bond donors (Lipinski definition) is 0. The molecule has 1 aromatic heterocycles. The highest BCUT2D eigenvalue weighted by molar-refractivity contribution is 7.99. The molecule has 0 radical (unpaired) electrons. The van der Waals surface area contributed by atoms with Gasteiger partial charge in [-0.05, 0) is 36.6 Å². The molecule has 0 saturated carbocycles. The Labute approximate surface area is 140 Å². The summed E-state index contributed by atoms with van der Waals surface area (Å²) in [5.74, 6) is 1.99. The van der Waals surface area contributed by atoms with Crippen LogP contribution in [0.4, 0.5) is 0 Å². The minimum Gasteiger partial charge on any atom is -0.480 e. The number of likely N-dealkylation sites (tertiary alicyclic amines) is 1. The number of methoxy groups -OCH3 is 1. The fourth-order valence-corrected chi connectivity index (χ4v) is 3.82. The monoisotopic (exact) mass is 328 g/mol. The first kappa shape index (κ1) is 15.9. The molecule has 1 aliphatic heterocycles. The highest BCUT2D eigenvalue weighted by Crippen LogP contribution is 2.27. The molecule has 5 heteroatoms. The fraction of sp³-hybridized carbons (Fsp3) is 0.333. The minimum atomic E-state index is 0.0159. The zero-order chi connectivity index (χ0) is 16.1. The van der Waals surface area contributed by atoms with Crippen LogP contribution in [0.5, 0.6) is 5.88 Å². The van der Waals surface area contributed by atoms with Crippen LogP contribution in [0.2, 0.25) is 0 Å². The van der Waals surface area contributed by atoms with E-state index in [1.165, 1.54) is 4.90 Å². The maximum absolute atomic E-state index is 12.6. The number of hydrogen-bond acceptors (Lipinski definition) is 4. The van der Waals surface area contributed by atoms with Gasteiger partial charge in [-0.25, -0.2) is 4.98 Å². The quantitative estimate of drug-likeness (QED) is 0.790. The second kappa shape index (κ2) is 7.51. The van der Waals surface area contributed by atoms with E-state index in [-0.39, 0.29) is 5.91 Å². The van der Waals surface area contributed by atoms with E-state index < -0.39 is 0 Å². The fourth-order valence-electron chi connectivity index (χ4n) is 2.77. The van der Waals surface area contributed by atoms with E-state index in [1.807, 2.05) is 22.7 Å². The van der Waals surface area contributed by atoms with Gasteiger partial charge in [0.05, 0.1) is 7.11 Å². The van der Waals surface area contributed by atoms with Crippen molar-refractivity contribution in [1.29, 1.82) is 0 Å². The summed E-state index contributed by atoms with van der Waals surface area (Å²) in [6, 6.07) is 13.9. The van der Waals surface area contributed by atoms with Gasteiger partial charge in [-0.1, -0.05) is 18.2 Å². The molecule has 1 aliphatic rings. The van der Waals surface area contributed by atoms with Gasteiger partial charge in [0.1, 0.15) is 5.56 Å². The van der Waals surface area contributed by atoms with Crippen LogP contribution in [-0.4, -0.2) is 41.7 Å². The molecule has 2 aromatic rings. The Morgan fingerprint density at radius 2 is 2.13 bits per heavy atom. The molecule has 0 aliphatic carbocycles. The van der Waals surface area contributed by atoms with Crippen molar-refractivity contribution < 1.29 is 9.53 Å². The summed E-state index contributed by atoms with van der Waals surface area (Å²) < 4.78 is 5.20. The number of benzene rings is 1. The van der Waals surface area contributed by atoms with E-state index in [0.29, 0.717) is 17.4 Å². The molecule has 4 nitrogen and oxygen atoms in total. The van der Waals surface area contributed by atoms with E-state index >= 15 is 0 Å². The standard InChI is InChI=1S/C18H20N2O2S/c1-22-17-16(8-5-10-19-17)18(21)20-11-9-14(12-20)13-23-15-6-3-2-4-7-15/h2-8,10,14H,9,11-13H2,1H3. The van der Waals surface area contributed by atoms with Gasteiger partial charge in [0, 0.05) is 29.9 Å². The third kappa shape index (κ3) is 3.85. The van der Waals surface area contributed by atoms with Crippen LogP contribution in [0.25, 0.3) is 0 Å². The predicted molar refractivity (Wildman–Crippen MR) is 92.0 cm³/mol. The SMILES string of the molecule is COc1ncccc1C(=O)N1CCC(CSc2ccccc2)C1. The smallest absolute Gasteiger partial charge is 0.259 e. The van der Waals surface area contributed by atoms with Crippen molar-refractivity contribution in [2.45, 2.75) is 11.3 Å². The van der Waals surface area contributed by atoms with Crippen LogP contribution in [0.1, 0.15) is 16.8 Å². The Kier molecular flexibility index (Phi) is 5.18. The highest BCUT2D eigenvalue weighted by atomic mass is 32.2. The Balaban J connectivity index is 1.58. The van der Waals surface area contributed by atoms with E-state index in [0.717, 1.165) is 25.3 Å². The molecule has 0 spiro atoms. The van der Waals surface area contributed by atoms with E-state index in [4.69, 9.17) is 4.74 Å². The summed E-state index contributed by atoms with van der Waals surface area (Å²) in [5.41, 5.74) is 0.548. The first-order valence-electron chi connectivity index (χ1n) is 7.74. The van der Waals surface area contributed by atoms with Crippen molar-refractivity contribution in [3.63, 3.8) is 0 Å². The van der Waals surface area contributed by atoms with Crippen molar-refractivity contribution in [2.24, 2.45) is 5.92 Å². The van der Waals surface area contributed by atoms with Crippen LogP contribution in [0, 0.1) is 5.92 Å². The molecule has 1 aromatic carbocycles. The molecular formula is C18H20N2O2S. The van der Waals surface area contributed by atoms with Gasteiger partial charge in [-0.15, -0.1) is 11.8 Å². The second-order valence-corrected chi connectivity index (χ2v) is 6.68. The average molecular weight is 328 g/mol. The molecule has 0 bridgehead atoms. The molecule has 23 heavy (non-hydrogen) atoms. The molecule has 120 valence electrons. The molecular weight excluding hydrogens is 308 g/mol. The molecule has 0 N–H and O–H groups in total. The van der Waals surface area contributed by atoms with Crippen LogP contribution < -0.4 is 4.74 Å². The number of aromatic nitrogens is 1. The van der Waals surface area contributed by atoms with Crippen molar-refractivity contribution >= 4 is 17.7 Å². The molecule has 1 saturated heterocycles. The minimum absolute atomic E-state index is 0.0159. The van der Waals surface area contributed by atoms with Crippen LogP contribution in [0.3, 0.4) is 0 Å². The molecule has 1 fully saturated rings. The number of carbonyl (C=O) groups is 1. The first-order valence-corrected chi connectivity index (χ1v) is 8.72. The van der Waals surface area contributed by atoms with Crippen molar-refractivity contribution in [3.05, 3.63) is 54.2 Å². The van der Waals surface area contributed by atoms with Crippen LogP contribution in [0.15, 0.2) is 53.6 Å². The lowest BCUT2D eigenvalue weighted by atomic mass is 10.2. The number of pyridine rings is 1. The summed E-state index contributed by atoms with van der Waals surface area (Å²) >= 11 is 1.86. The van der Waals surface area contributed by atoms with Gasteiger partial charge >= 0.3 is 0 Å². The van der Waals surface area contributed by atoms with Crippen LogP contribution >= 0.6 is 11.8 Å². The van der Waals surface area contributed by atoms with Crippen molar-refractivity contribution in [3.8, 4) is 5.88 Å². The normalized spacial score (nSPS) is 17.3. The number of ether oxygens (including phenoxy) is 1. The van der Waals surface area contributed by atoms with E-state index in [1.54, 1.807) is 25.4 Å². The Bertz CT molecular complexity index is 663. The molecule has 2 heterocycles. The summed E-state index contributed by atoms with van der Waals surface area (Å²) in [5, 5.41) is 0. The number of nitrogens with zero attached hydrogens (tertiary/aromatic N) is 2. The Morgan fingerprint density at radius 3 is 2.91 bits per heavy atom. The first-order chi connectivity index (χ1) is 11.3. The van der Waals surface area contributed by atoms with Crippen LogP contribution in [-0.2, 0) is 0 Å². The average Bonchev–Trinajstić information content (AvgIpc) is 3.09. The third-order valence-electron chi connectivity index (χ3n) is 4.00. The lowest BCUT2D eigenvalue weighted by Crippen LogP contribution is -2.29. The summed E-state index contributed by atoms with van der Waals surface area (Å²) in [4.78, 5) is 20.0. The number of rotatable bonds is 5. The molecule has 1 unspecified atom stereocenters. The van der Waals surface area contributed by atoms with E-state index in [2.05, 4.69) is 29.2 Å².